The summed E-state index contributed by atoms with van der Waals surface area (Å²) < 4.78 is 28.9. The molecular weight excluding hydrogens is 358 g/mol. The maximum absolute atomic E-state index is 14.1. The molecule has 6 heteroatoms. The summed E-state index contributed by atoms with van der Waals surface area (Å²) in [5, 5.41) is 2.91. The van der Waals surface area contributed by atoms with E-state index >= 15 is 0 Å². The molecular formula is C15H13BrF2N2S. The van der Waals surface area contributed by atoms with E-state index in [0.717, 1.165) is 22.1 Å². The van der Waals surface area contributed by atoms with Gasteiger partial charge < -0.3 is 11.1 Å². The Bertz CT molecular complexity index is 704. The number of rotatable bonds is 4. The normalized spacial score (nSPS) is 10.5. The second-order valence-corrected chi connectivity index (χ2v) is 5.79. The van der Waals surface area contributed by atoms with Crippen molar-refractivity contribution in [2.75, 3.05) is 5.32 Å². The maximum Gasteiger partial charge on any atom is 0.182 e. The first-order valence-corrected chi connectivity index (χ1v) is 7.47. The largest absolute Gasteiger partial charge is 0.389 e. The van der Waals surface area contributed by atoms with Gasteiger partial charge in [0.1, 0.15) is 4.99 Å². The number of nitrogens with one attached hydrogen (secondary N) is 1. The van der Waals surface area contributed by atoms with E-state index in [1.165, 1.54) is 12.1 Å². The van der Waals surface area contributed by atoms with Gasteiger partial charge in [0.2, 0.25) is 0 Å². The first-order valence-electron chi connectivity index (χ1n) is 6.27. The van der Waals surface area contributed by atoms with Crippen LogP contribution in [-0.2, 0) is 6.42 Å². The molecule has 0 spiro atoms. The third-order valence-corrected chi connectivity index (χ3v) is 3.78. The standard InChI is InChI=1S/C15H13BrF2N2S/c1-2-8-7-9(16)3-5-11(8)20-12-6-4-10(15(19)21)13(17)14(12)18/h3-7,20H,2H2,1H3,(H2,19,21). The van der Waals surface area contributed by atoms with Crippen molar-refractivity contribution in [3.63, 3.8) is 0 Å². The number of anilines is 2. The van der Waals surface area contributed by atoms with Gasteiger partial charge in [-0.25, -0.2) is 8.78 Å². The van der Waals surface area contributed by atoms with Crippen LogP contribution in [0.1, 0.15) is 18.1 Å². The summed E-state index contributed by atoms with van der Waals surface area (Å²) in [6.45, 7) is 1.99. The van der Waals surface area contributed by atoms with Gasteiger partial charge in [0.15, 0.2) is 11.6 Å². The van der Waals surface area contributed by atoms with Crippen LogP contribution in [0.4, 0.5) is 20.2 Å². The molecule has 0 aliphatic heterocycles. The van der Waals surface area contributed by atoms with E-state index in [1.807, 2.05) is 25.1 Å². The summed E-state index contributed by atoms with van der Waals surface area (Å²) in [6, 6.07) is 8.36. The number of thiocarbonyl (C=S) groups is 1. The van der Waals surface area contributed by atoms with Crippen LogP contribution in [-0.4, -0.2) is 4.99 Å². The van der Waals surface area contributed by atoms with Crippen LogP contribution in [0.3, 0.4) is 0 Å². The van der Waals surface area contributed by atoms with Gasteiger partial charge in [0.05, 0.1) is 5.69 Å². The van der Waals surface area contributed by atoms with Crippen LogP contribution in [0.15, 0.2) is 34.8 Å². The zero-order chi connectivity index (χ0) is 15.6. The molecule has 0 atom stereocenters. The second-order valence-electron chi connectivity index (χ2n) is 4.43. The minimum atomic E-state index is -1.04. The Balaban J connectivity index is 2.41. The van der Waals surface area contributed by atoms with Crippen LogP contribution >= 0.6 is 28.1 Å². The Kier molecular flexibility index (Phi) is 4.90. The molecule has 110 valence electrons. The van der Waals surface area contributed by atoms with Crippen molar-refractivity contribution in [1.82, 2.24) is 0 Å². The van der Waals surface area contributed by atoms with E-state index in [1.54, 1.807) is 0 Å². The molecule has 0 radical (unpaired) electrons. The number of nitrogens with two attached hydrogens (primary N) is 1. The van der Waals surface area contributed by atoms with E-state index in [9.17, 15) is 8.78 Å². The number of halogens is 3. The quantitative estimate of drug-likeness (QED) is 0.768. The van der Waals surface area contributed by atoms with Gasteiger partial charge in [0, 0.05) is 15.7 Å². The Morgan fingerprint density at radius 1 is 1.19 bits per heavy atom. The monoisotopic (exact) mass is 370 g/mol. The van der Waals surface area contributed by atoms with Gasteiger partial charge in [0.25, 0.3) is 0 Å². The lowest BCUT2D eigenvalue weighted by molar-refractivity contribution is 0.510. The fraction of sp³-hybridized carbons (Fsp3) is 0.133. The highest BCUT2D eigenvalue weighted by atomic mass is 79.9. The summed E-state index contributed by atoms with van der Waals surface area (Å²) in [5.41, 5.74) is 7.01. The fourth-order valence-electron chi connectivity index (χ4n) is 1.96. The second kappa shape index (κ2) is 6.49. The van der Waals surface area contributed by atoms with Crippen LogP contribution < -0.4 is 11.1 Å². The zero-order valence-corrected chi connectivity index (χ0v) is 13.6. The molecule has 0 fully saturated rings. The van der Waals surface area contributed by atoms with Crippen LogP contribution in [0.5, 0.6) is 0 Å². The molecule has 2 aromatic rings. The van der Waals surface area contributed by atoms with Crippen molar-refractivity contribution in [3.05, 3.63) is 57.6 Å². The topological polar surface area (TPSA) is 38.0 Å². The van der Waals surface area contributed by atoms with Gasteiger partial charge in [-0.05, 0) is 42.3 Å². The van der Waals surface area contributed by atoms with Crippen molar-refractivity contribution in [2.45, 2.75) is 13.3 Å². The molecule has 2 nitrogen and oxygen atoms in total. The van der Waals surface area contributed by atoms with Gasteiger partial charge in [-0.3, -0.25) is 0 Å². The van der Waals surface area contributed by atoms with E-state index in [0.29, 0.717) is 0 Å². The smallest absolute Gasteiger partial charge is 0.182 e. The molecule has 2 rings (SSSR count). The third kappa shape index (κ3) is 3.39. The van der Waals surface area contributed by atoms with Gasteiger partial charge in [-0.15, -0.1) is 0 Å². The third-order valence-electron chi connectivity index (χ3n) is 3.07. The van der Waals surface area contributed by atoms with Crippen molar-refractivity contribution >= 4 is 44.5 Å². The Labute approximate surface area is 135 Å². The minimum Gasteiger partial charge on any atom is -0.389 e. The van der Waals surface area contributed by atoms with Gasteiger partial charge in [-0.2, -0.15) is 0 Å². The van der Waals surface area contributed by atoms with Gasteiger partial charge >= 0.3 is 0 Å². The van der Waals surface area contributed by atoms with Crippen molar-refractivity contribution in [2.24, 2.45) is 5.73 Å². The number of benzene rings is 2. The summed E-state index contributed by atoms with van der Waals surface area (Å²) in [4.78, 5) is -0.171. The highest BCUT2D eigenvalue weighted by Crippen LogP contribution is 2.28. The molecule has 0 saturated carbocycles. The van der Waals surface area contributed by atoms with Crippen molar-refractivity contribution < 1.29 is 8.78 Å². The van der Waals surface area contributed by atoms with Crippen LogP contribution in [0, 0.1) is 11.6 Å². The van der Waals surface area contributed by atoms with Crippen LogP contribution in [0.25, 0.3) is 0 Å². The Morgan fingerprint density at radius 2 is 1.86 bits per heavy atom. The SMILES string of the molecule is CCc1cc(Br)ccc1Nc1ccc(C(N)=S)c(F)c1F. The first-order chi connectivity index (χ1) is 9.93. The summed E-state index contributed by atoms with van der Waals surface area (Å²) in [6.07, 6.45) is 0.761. The van der Waals surface area contributed by atoms with E-state index in [2.05, 4.69) is 33.5 Å². The molecule has 3 N–H and O–H groups in total. The van der Waals surface area contributed by atoms with Crippen molar-refractivity contribution in [3.8, 4) is 0 Å². The summed E-state index contributed by atoms with van der Waals surface area (Å²) in [7, 11) is 0. The average molecular weight is 371 g/mol. The van der Waals surface area contributed by atoms with Crippen molar-refractivity contribution in [1.29, 1.82) is 0 Å². The van der Waals surface area contributed by atoms with Gasteiger partial charge in [-0.1, -0.05) is 35.1 Å². The number of hydrogen-bond acceptors (Lipinski definition) is 2. The number of aryl methyl sites for hydroxylation is 1. The Hall–Kier alpha value is -1.53. The minimum absolute atomic E-state index is 0.0459. The molecule has 0 saturated heterocycles. The summed E-state index contributed by atoms with van der Waals surface area (Å²) in [5.74, 6) is -2.03. The molecule has 0 unspecified atom stereocenters. The lowest BCUT2D eigenvalue weighted by Crippen LogP contribution is -2.13. The van der Waals surface area contributed by atoms with E-state index < -0.39 is 11.6 Å². The number of hydrogen-bond donors (Lipinski definition) is 2. The first kappa shape index (κ1) is 15.9. The molecule has 0 aliphatic carbocycles. The maximum atomic E-state index is 14.1. The average Bonchev–Trinajstić information content (AvgIpc) is 2.45. The van der Waals surface area contributed by atoms with Crippen LogP contribution in [0.2, 0.25) is 0 Å². The highest BCUT2D eigenvalue weighted by molar-refractivity contribution is 9.10. The lowest BCUT2D eigenvalue weighted by Gasteiger charge is -2.13. The molecule has 21 heavy (non-hydrogen) atoms. The van der Waals surface area contributed by atoms with E-state index in [4.69, 9.17) is 5.73 Å². The molecule has 0 aliphatic rings. The molecule has 0 bridgehead atoms. The highest BCUT2D eigenvalue weighted by Gasteiger charge is 2.15. The molecule has 2 aromatic carbocycles. The van der Waals surface area contributed by atoms with E-state index in [-0.39, 0.29) is 16.2 Å². The predicted octanol–water partition coefficient (Wildman–Crippen LogP) is 4.67. The molecule has 0 heterocycles. The lowest BCUT2D eigenvalue weighted by atomic mass is 10.1. The fourth-order valence-corrected chi connectivity index (χ4v) is 2.52. The summed E-state index contributed by atoms with van der Waals surface area (Å²) >= 11 is 8.07. The predicted molar refractivity (Wildman–Crippen MR) is 89.0 cm³/mol. The Morgan fingerprint density at radius 3 is 2.48 bits per heavy atom. The zero-order valence-electron chi connectivity index (χ0n) is 11.2. The molecule has 0 amide bonds. The molecule has 0 aromatic heterocycles.